The van der Waals surface area contributed by atoms with Crippen LogP contribution in [0.2, 0.25) is 0 Å². The molecule has 94 valence electrons. The van der Waals surface area contributed by atoms with Crippen LogP contribution in [0.15, 0.2) is 17.0 Å². The zero-order valence-corrected chi connectivity index (χ0v) is 11.4. The van der Waals surface area contributed by atoms with Gasteiger partial charge in [-0.05, 0) is 37.1 Å². The summed E-state index contributed by atoms with van der Waals surface area (Å²) in [5.41, 5.74) is 2.73. The predicted octanol–water partition coefficient (Wildman–Crippen LogP) is 2.35. The molecule has 0 spiro atoms. The molecular formula is C13H19NO2S. The lowest BCUT2D eigenvalue weighted by molar-refractivity contribution is 0.0852. The Bertz CT molecular complexity index is 389. The van der Waals surface area contributed by atoms with Crippen molar-refractivity contribution >= 4 is 11.8 Å². The van der Waals surface area contributed by atoms with Crippen LogP contribution in [0.3, 0.4) is 0 Å². The number of hydrogen-bond acceptors (Lipinski definition) is 4. The lowest BCUT2D eigenvalue weighted by Gasteiger charge is -2.24. The average Bonchev–Trinajstić information content (AvgIpc) is 2.35. The van der Waals surface area contributed by atoms with Gasteiger partial charge in [0.2, 0.25) is 0 Å². The largest absolute Gasteiger partial charge is 0.496 e. The molecule has 1 N–H and O–H groups in total. The second-order valence-electron chi connectivity index (χ2n) is 4.21. The lowest BCUT2D eigenvalue weighted by Crippen LogP contribution is -2.36. The highest BCUT2D eigenvalue weighted by molar-refractivity contribution is 7.99. The lowest BCUT2D eigenvalue weighted by atomic mass is 10.1. The molecule has 17 heavy (non-hydrogen) atoms. The van der Waals surface area contributed by atoms with Crippen LogP contribution in [-0.4, -0.2) is 32.2 Å². The van der Waals surface area contributed by atoms with E-state index in [2.05, 4.69) is 31.3 Å². The molecule has 1 fully saturated rings. The van der Waals surface area contributed by atoms with E-state index < -0.39 is 0 Å². The molecule has 4 heteroatoms. The maximum atomic E-state index is 5.70. The van der Waals surface area contributed by atoms with E-state index in [4.69, 9.17) is 9.47 Å². The zero-order chi connectivity index (χ0) is 12.3. The molecule has 1 aromatic rings. The number of methoxy groups -OCH3 is 1. The Labute approximate surface area is 107 Å². The molecule has 2 rings (SSSR count). The van der Waals surface area contributed by atoms with Gasteiger partial charge in [-0.25, -0.2) is 0 Å². The normalized spacial score (nSPS) is 20.3. The summed E-state index contributed by atoms with van der Waals surface area (Å²) in [7, 11) is 1.72. The number of benzene rings is 1. The predicted molar refractivity (Wildman–Crippen MR) is 70.9 cm³/mol. The highest BCUT2D eigenvalue weighted by Gasteiger charge is 2.17. The van der Waals surface area contributed by atoms with Gasteiger partial charge in [-0.2, -0.15) is 0 Å². The van der Waals surface area contributed by atoms with E-state index in [1.807, 2.05) is 0 Å². The number of ether oxygens (including phenoxy) is 2. The van der Waals surface area contributed by atoms with Crippen LogP contribution >= 0.6 is 11.8 Å². The van der Waals surface area contributed by atoms with Gasteiger partial charge < -0.3 is 14.8 Å². The van der Waals surface area contributed by atoms with Crippen molar-refractivity contribution in [2.24, 2.45) is 0 Å². The molecule has 1 aromatic carbocycles. The third-order valence-electron chi connectivity index (χ3n) is 2.93. The van der Waals surface area contributed by atoms with Crippen LogP contribution in [0.4, 0.5) is 0 Å². The molecule has 0 saturated carbocycles. The summed E-state index contributed by atoms with van der Waals surface area (Å²) in [6, 6.07) is 4.27. The third-order valence-corrected chi connectivity index (χ3v) is 4.07. The molecule has 1 aliphatic rings. The van der Waals surface area contributed by atoms with Gasteiger partial charge in [0, 0.05) is 13.1 Å². The van der Waals surface area contributed by atoms with Gasteiger partial charge in [-0.1, -0.05) is 11.8 Å². The summed E-state index contributed by atoms with van der Waals surface area (Å²) in [6.45, 7) is 6.84. The summed E-state index contributed by atoms with van der Waals surface area (Å²) < 4.78 is 11.1. The van der Waals surface area contributed by atoms with E-state index in [9.17, 15) is 0 Å². The van der Waals surface area contributed by atoms with Gasteiger partial charge in [0.1, 0.15) is 11.2 Å². The third kappa shape index (κ3) is 3.15. The van der Waals surface area contributed by atoms with Gasteiger partial charge in [0.25, 0.3) is 0 Å². The highest BCUT2D eigenvalue weighted by Crippen LogP contribution is 2.35. The minimum absolute atomic E-state index is 0.180. The summed E-state index contributed by atoms with van der Waals surface area (Å²) in [4.78, 5) is 1.16. The SMILES string of the molecule is COc1cc(C)c(C)cc1SC1CNCCO1. The summed E-state index contributed by atoms with van der Waals surface area (Å²) in [6.07, 6.45) is 0. The average molecular weight is 253 g/mol. The minimum atomic E-state index is 0.180. The Balaban J connectivity index is 2.15. The highest BCUT2D eigenvalue weighted by atomic mass is 32.2. The Morgan fingerprint density at radius 3 is 2.76 bits per heavy atom. The molecule has 1 atom stereocenters. The van der Waals surface area contributed by atoms with Crippen molar-refractivity contribution in [2.45, 2.75) is 24.2 Å². The van der Waals surface area contributed by atoms with Crippen LogP contribution in [0.5, 0.6) is 5.75 Å². The smallest absolute Gasteiger partial charge is 0.132 e. The van der Waals surface area contributed by atoms with Crippen molar-refractivity contribution < 1.29 is 9.47 Å². The van der Waals surface area contributed by atoms with Crippen molar-refractivity contribution in [3.63, 3.8) is 0 Å². The summed E-state index contributed by atoms with van der Waals surface area (Å²) in [5.74, 6) is 0.937. The minimum Gasteiger partial charge on any atom is -0.496 e. The van der Waals surface area contributed by atoms with Gasteiger partial charge in [0.15, 0.2) is 0 Å². The van der Waals surface area contributed by atoms with E-state index in [1.54, 1.807) is 18.9 Å². The van der Waals surface area contributed by atoms with Crippen LogP contribution in [0.1, 0.15) is 11.1 Å². The fourth-order valence-electron chi connectivity index (χ4n) is 1.77. The zero-order valence-electron chi connectivity index (χ0n) is 10.6. The molecule has 1 heterocycles. The molecule has 1 saturated heterocycles. The quantitative estimate of drug-likeness (QED) is 0.896. The van der Waals surface area contributed by atoms with Crippen LogP contribution in [0, 0.1) is 13.8 Å². The van der Waals surface area contributed by atoms with E-state index in [0.29, 0.717) is 0 Å². The van der Waals surface area contributed by atoms with Crippen molar-refractivity contribution in [3.05, 3.63) is 23.3 Å². The number of nitrogens with one attached hydrogen (secondary N) is 1. The Morgan fingerprint density at radius 2 is 2.12 bits per heavy atom. The van der Waals surface area contributed by atoms with Crippen molar-refractivity contribution in [1.82, 2.24) is 5.32 Å². The van der Waals surface area contributed by atoms with Gasteiger partial charge in [-0.15, -0.1) is 0 Å². The van der Waals surface area contributed by atoms with E-state index >= 15 is 0 Å². The monoisotopic (exact) mass is 253 g/mol. The molecule has 1 unspecified atom stereocenters. The molecule has 0 aromatic heterocycles. The fourth-order valence-corrected chi connectivity index (χ4v) is 2.93. The van der Waals surface area contributed by atoms with Gasteiger partial charge in [0.05, 0.1) is 18.6 Å². The molecular weight excluding hydrogens is 234 g/mol. The van der Waals surface area contributed by atoms with Crippen molar-refractivity contribution in [3.8, 4) is 5.75 Å². The van der Waals surface area contributed by atoms with Gasteiger partial charge >= 0.3 is 0 Å². The standard InChI is InChI=1S/C13H19NO2S/c1-9-6-11(15-3)12(7-10(9)2)17-13-8-14-4-5-16-13/h6-7,13-14H,4-5,8H2,1-3H3. The molecule has 1 aliphatic heterocycles. The maximum Gasteiger partial charge on any atom is 0.132 e. The van der Waals surface area contributed by atoms with E-state index in [0.717, 1.165) is 30.3 Å². The number of morpholine rings is 1. The molecule has 0 radical (unpaired) electrons. The summed E-state index contributed by atoms with van der Waals surface area (Å²) in [5, 5.41) is 3.33. The molecule has 3 nitrogen and oxygen atoms in total. The van der Waals surface area contributed by atoms with Crippen LogP contribution < -0.4 is 10.1 Å². The molecule has 0 bridgehead atoms. The summed E-state index contributed by atoms with van der Waals surface area (Å²) >= 11 is 1.73. The first-order valence-corrected chi connectivity index (χ1v) is 6.73. The molecule has 0 amide bonds. The van der Waals surface area contributed by atoms with E-state index in [-0.39, 0.29) is 5.44 Å². The number of hydrogen-bond donors (Lipinski definition) is 1. The Hall–Kier alpha value is -0.710. The number of aryl methyl sites for hydroxylation is 2. The number of rotatable bonds is 3. The second kappa shape index (κ2) is 5.76. The first-order chi connectivity index (χ1) is 8.20. The van der Waals surface area contributed by atoms with Crippen LogP contribution in [0.25, 0.3) is 0 Å². The topological polar surface area (TPSA) is 30.5 Å². The van der Waals surface area contributed by atoms with Crippen LogP contribution in [-0.2, 0) is 4.74 Å². The number of thioether (sulfide) groups is 1. The maximum absolute atomic E-state index is 5.70. The Kier molecular flexibility index (Phi) is 4.31. The van der Waals surface area contributed by atoms with Crippen molar-refractivity contribution in [2.75, 3.05) is 26.8 Å². The Morgan fingerprint density at radius 1 is 1.35 bits per heavy atom. The second-order valence-corrected chi connectivity index (χ2v) is 5.41. The first kappa shape index (κ1) is 12.7. The van der Waals surface area contributed by atoms with Gasteiger partial charge in [-0.3, -0.25) is 0 Å². The first-order valence-electron chi connectivity index (χ1n) is 5.85. The van der Waals surface area contributed by atoms with Crippen molar-refractivity contribution in [1.29, 1.82) is 0 Å². The fraction of sp³-hybridized carbons (Fsp3) is 0.538. The molecule has 0 aliphatic carbocycles. The van der Waals surface area contributed by atoms with E-state index in [1.165, 1.54) is 11.1 Å².